The van der Waals surface area contributed by atoms with Crippen molar-refractivity contribution in [3.05, 3.63) is 209 Å². The highest BCUT2D eigenvalue weighted by Gasteiger charge is 2.24. The summed E-state index contributed by atoms with van der Waals surface area (Å²) in [5, 5.41) is 34.4. The normalized spacial score (nSPS) is 11.0. The van der Waals surface area contributed by atoms with Crippen LogP contribution >= 0.6 is 0 Å². The highest BCUT2D eigenvalue weighted by molar-refractivity contribution is 6.13. The first-order valence-electron chi connectivity index (χ1n) is 20.8. The predicted octanol–water partition coefficient (Wildman–Crippen LogP) is 13.5. The summed E-state index contributed by atoms with van der Waals surface area (Å²) in [6.45, 7) is 15.7. The van der Waals surface area contributed by atoms with Gasteiger partial charge in [-0.1, -0.05) is 84.9 Å². The molecule has 0 fully saturated rings. The van der Waals surface area contributed by atoms with Crippen LogP contribution in [0.2, 0.25) is 0 Å². The van der Waals surface area contributed by atoms with Crippen LogP contribution < -0.4 is 0 Å². The molecule has 0 N–H and O–H groups in total. The van der Waals surface area contributed by atoms with E-state index in [0.29, 0.717) is 67.9 Å². The van der Waals surface area contributed by atoms with Crippen molar-refractivity contribution in [3.8, 4) is 74.9 Å². The minimum atomic E-state index is 0.375. The van der Waals surface area contributed by atoms with Crippen molar-refractivity contribution in [1.82, 2.24) is 24.1 Å². The van der Waals surface area contributed by atoms with Gasteiger partial charge in [-0.05, 0) is 95.7 Å². The van der Waals surface area contributed by atoms with Gasteiger partial charge in [0.2, 0.25) is 0 Å². The van der Waals surface area contributed by atoms with Crippen molar-refractivity contribution in [2.24, 2.45) is 0 Å². The number of benzene rings is 8. The Bertz CT molecular complexity index is 3850. The Morgan fingerprint density at radius 3 is 1.35 bits per heavy atom. The molecule has 0 unspecified atom stereocenters. The van der Waals surface area contributed by atoms with E-state index in [1.165, 1.54) is 0 Å². The second-order valence-electron chi connectivity index (χ2n) is 15.6. The largest absolute Gasteiger partial charge is 0.309 e. The molecular weight excluding hydrogens is 813 g/mol. The molecule has 66 heavy (non-hydrogen) atoms. The molecule has 3 aromatic heterocycles. The Morgan fingerprint density at radius 2 is 0.864 bits per heavy atom. The second kappa shape index (κ2) is 15.6. The van der Waals surface area contributed by atoms with Gasteiger partial charge in [0.15, 0.2) is 28.8 Å². The Labute approximate surface area is 377 Å². The average molecular weight is 841 g/mol. The Balaban J connectivity index is 1.23. The van der Waals surface area contributed by atoms with E-state index in [1.807, 2.05) is 150 Å². The van der Waals surface area contributed by atoms with Crippen molar-refractivity contribution < 1.29 is 0 Å². The summed E-state index contributed by atoms with van der Waals surface area (Å²) in [4.78, 5) is 22.5. The predicted molar refractivity (Wildman–Crippen MR) is 257 cm³/mol. The van der Waals surface area contributed by atoms with Crippen molar-refractivity contribution in [3.63, 3.8) is 0 Å². The summed E-state index contributed by atoms with van der Waals surface area (Å²) in [5.41, 5.74) is 10.4. The number of nitriles is 3. The first kappa shape index (κ1) is 38.7. The smallest absolute Gasteiger partial charge is 0.188 e. The molecular formula is C56H28N10. The highest BCUT2D eigenvalue weighted by Crippen LogP contribution is 2.43. The van der Waals surface area contributed by atoms with Gasteiger partial charge in [-0.3, -0.25) is 0 Å². The lowest BCUT2D eigenvalue weighted by Crippen LogP contribution is -2.04. The Morgan fingerprint density at radius 1 is 0.394 bits per heavy atom. The molecule has 11 rings (SSSR count). The number of hydrogen-bond donors (Lipinski definition) is 0. The van der Waals surface area contributed by atoms with E-state index >= 15 is 0 Å². The highest BCUT2D eigenvalue weighted by atomic mass is 15.0. The van der Waals surface area contributed by atoms with Crippen LogP contribution in [0, 0.1) is 47.1 Å². The van der Waals surface area contributed by atoms with Gasteiger partial charge in [0, 0.05) is 38.6 Å². The molecule has 0 spiro atoms. The molecule has 3 heterocycles. The molecule has 0 aliphatic carbocycles. The maximum Gasteiger partial charge on any atom is 0.188 e. The molecule has 0 atom stereocenters. The zero-order chi connectivity index (χ0) is 44.9. The number of nitrogens with zero attached hydrogens (tertiary/aromatic N) is 10. The Hall–Kier alpha value is -10.2. The van der Waals surface area contributed by atoms with E-state index in [2.05, 4.69) is 32.5 Å². The molecule has 0 saturated heterocycles. The fourth-order valence-electron chi connectivity index (χ4n) is 8.91. The van der Waals surface area contributed by atoms with Crippen LogP contribution in [0.15, 0.2) is 170 Å². The number of rotatable bonds is 6. The van der Waals surface area contributed by atoms with Crippen molar-refractivity contribution >= 4 is 55.0 Å². The van der Waals surface area contributed by atoms with Crippen molar-refractivity contribution in [2.75, 3.05) is 0 Å². The van der Waals surface area contributed by atoms with Gasteiger partial charge in [-0.15, -0.1) is 0 Å². The molecule has 8 aromatic carbocycles. The van der Waals surface area contributed by atoms with Crippen molar-refractivity contribution in [1.29, 1.82) is 15.8 Å². The fraction of sp³-hybridized carbons (Fsp3) is 0. The first-order valence-corrected chi connectivity index (χ1v) is 20.8. The zero-order valence-corrected chi connectivity index (χ0v) is 34.6. The molecule has 10 nitrogen and oxygen atoms in total. The minimum absolute atomic E-state index is 0.375. The fourth-order valence-corrected chi connectivity index (χ4v) is 8.91. The van der Waals surface area contributed by atoms with Crippen LogP contribution in [0.1, 0.15) is 16.7 Å². The quantitative estimate of drug-likeness (QED) is 0.153. The lowest BCUT2D eigenvalue weighted by molar-refractivity contribution is 1.07. The van der Waals surface area contributed by atoms with Crippen LogP contribution in [0.3, 0.4) is 0 Å². The molecule has 0 aliphatic heterocycles. The minimum Gasteiger partial charge on any atom is -0.309 e. The summed E-state index contributed by atoms with van der Waals surface area (Å²) in [6.07, 6.45) is 0. The molecule has 11 aromatic rings. The van der Waals surface area contributed by atoms with E-state index in [9.17, 15) is 15.8 Å². The molecule has 0 radical (unpaired) electrons. The second-order valence-corrected chi connectivity index (χ2v) is 15.6. The zero-order valence-electron chi connectivity index (χ0n) is 34.6. The summed E-state index contributed by atoms with van der Waals surface area (Å²) in [7, 11) is 0. The third kappa shape index (κ3) is 6.26. The van der Waals surface area contributed by atoms with E-state index in [0.717, 1.165) is 60.4 Å². The van der Waals surface area contributed by atoms with E-state index in [4.69, 9.17) is 28.1 Å². The lowest BCUT2D eigenvalue weighted by atomic mass is 9.95. The average Bonchev–Trinajstić information content (AvgIpc) is 3.89. The third-order valence-electron chi connectivity index (χ3n) is 11.9. The van der Waals surface area contributed by atoms with Crippen LogP contribution in [-0.2, 0) is 0 Å². The van der Waals surface area contributed by atoms with Gasteiger partial charge in [0.25, 0.3) is 0 Å². The molecule has 302 valence electrons. The van der Waals surface area contributed by atoms with Crippen LogP contribution in [0.25, 0.3) is 110 Å². The van der Waals surface area contributed by atoms with Gasteiger partial charge in [-0.25, -0.2) is 24.6 Å². The van der Waals surface area contributed by atoms with Crippen LogP contribution in [-0.4, -0.2) is 24.1 Å². The lowest BCUT2D eigenvalue weighted by Gasteiger charge is -2.19. The molecule has 0 saturated carbocycles. The monoisotopic (exact) mass is 840 g/mol. The number of fused-ring (bicyclic) bond motifs is 6. The van der Waals surface area contributed by atoms with Crippen molar-refractivity contribution in [2.45, 2.75) is 0 Å². The van der Waals surface area contributed by atoms with Gasteiger partial charge in [0.05, 0.1) is 75.4 Å². The van der Waals surface area contributed by atoms with Gasteiger partial charge in [0.1, 0.15) is 6.07 Å². The van der Waals surface area contributed by atoms with Crippen LogP contribution in [0.5, 0.6) is 0 Å². The number of hydrogen-bond acceptors (Lipinski definition) is 6. The van der Waals surface area contributed by atoms with E-state index < -0.39 is 0 Å². The first-order chi connectivity index (χ1) is 32.5. The standard InChI is InChI=1S/C56H28N10/c1-60-39-19-24-52-45(29-39)46-30-40(61-2)20-25-53(46)66(52)51-23-18-38(56-63-54(36-10-5-3-6-11-36)62-55(64-56)37-12-7-4-8-13-37)28-44(51)41-14-9-15-48(47(41)33-59)65-49-21-16-34(31-57)26-42(49)43-27-35(32-58)17-22-50(43)65/h3-30H. The topological polar surface area (TPSA) is 129 Å². The van der Waals surface area contributed by atoms with Gasteiger partial charge < -0.3 is 9.13 Å². The summed E-state index contributed by atoms with van der Waals surface area (Å²) in [6, 6.07) is 60.4. The van der Waals surface area contributed by atoms with Gasteiger partial charge in [-0.2, -0.15) is 15.8 Å². The summed E-state index contributed by atoms with van der Waals surface area (Å²) < 4.78 is 4.13. The van der Waals surface area contributed by atoms with Crippen LogP contribution in [0.4, 0.5) is 11.4 Å². The Kier molecular flexibility index (Phi) is 9.17. The molecule has 0 aliphatic rings. The van der Waals surface area contributed by atoms with E-state index in [1.54, 1.807) is 24.3 Å². The molecule has 0 bridgehead atoms. The summed E-state index contributed by atoms with van der Waals surface area (Å²) >= 11 is 0. The SMILES string of the molecule is [C-]#[N+]c1ccc2c(c1)c1cc([N+]#[C-])ccc1n2-c1ccc(-c2nc(-c3ccccc3)nc(-c3ccccc3)n2)cc1-c1cccc(-n2c3ccc(C#N)cc3c3cc(C#N)ccc32)c1C#N. The maximum atomic E-state index is 11.4. The van der Waals surface area contributed by atoms with Gasteiger partial charge >= 0.3 is 0 Å². The maximum absolute atomic E-state index is 11.4. The molecule has 10 heteroatoms. The van der Waals surface area contributed by atoms with E-state index in [-0.39, 0.29) is 0 Å². The third-order valence-corrected chi connectivity index (χ3v) is 11.9. The number of aromatic nitrogens is 5. The summed E-state index contributed by atoms with van der Waals surface area (Å²) in [5.74, 6) is 1.44. The molecule has 0 amide bonds.